The number of aliphatic carboxylic acids is 1. The molecule has 2 aromatic rings. The summed E-state index contributed by atoms with van der Waals surface area (Å²) < 4.78 is 0. The fourth-order valence-corrected chi connectivity index (χ4v) is 6.86. The van der Waals surface area contributed by atoms with Crippen LogP contribution in [0.15, 0.2) is 42.6 Å². The van der Waals surface area contributed by atoms with E-state index in [2.05, 4.69) is 26.3 Å². The lowest BCUT2D eigenvalue weighted by Crippen LogP contribution is -2.55. The number of benzene rings is 1. The number of nitrogens with one attached hydrogen (secondary N) is 4. The molecule has 0 bridgehead atoms. The van der Waals surface area contributed by atoms with Crippen molar-refractivity contribution in [3.8, 4) is 0 Å². The highest BCUT2D eigenvalue weighted by atomic mass is 16.4. The maximum Gasteiger partial charge on any atom is 0.326 e. The van der Waals surface area contributed by atoms with Crippen LogP contribution < -0.4 is 32.7 Å². The van der Waals surface area contributed by atoms with E-state index in [4.69, 9.17) is 11.5 Å². The van der Waals surface area contributed by atoms with Gasteiger partial charge < -0.3 is 42.9 Å². The monoisotopic (exact) mass is 793 g/mol. The Morgan fingerprint density at radius 3 is 2.19 bits per heavy atom. The van der Waals surface area contributed by atoms with Gasteiger partial charge in [-0.05, 0) is 61.6 Å². The number of hydrogen-bond donors (Lipinski definition) is 8. The molecule has 0 aliphatic carbocycles. The number of pyridine rings is 1. The van der Waals surface area contributed by atoms with Crippen LogP contribution in [-0.4, -0.2) is 93.3 Å². The summed E-state index contributed by atoms with van der Waals surface area (Å²) in [6.45, 7) is 11.9. The number of amides is 3. The van der Waals surface area contributed by atoms with E-state index in [0.29, 0.717) is 25.8 Å². The Morgan fingerprint density at radius 2 is 1.61 bits per heavy atom. The Bertz CT molecular complexity index is 1680. The fraction of sp³-hybridized carbons (Fsp3) is 0.595. The molecule has 3 rings (SSSR count). The maximum absolute atomic E-state index is 14.3. The lowest BCUT2D eigenvalue weighted by atomic mass is 9.80. The number of carboxylic acids is 1. The molecule has 1 aromatic heterocycles. The summed E-state index contributed by atoms with van der Waals surface area (Å²) in [5, 5.41) is 32.3. The van der Waals surface area contributed by atoms with Gasteiger partial charge in [-0.3, -0.25) is 29.0 Å². The largest absolute Gasteiger partial charge is 0.480 e. The summed E-state index contributed by atoms with van der Waals surface area (Å²) in [5.41, 5.74) is 13.0. The first-order valence-corrected chi connectivity index (χ1v) is 20.1. The van der Waals surface area contributed by atoms with Crippen molar-refractivity contribution in [3.05, 3.63) is 65.0 Å². The van der Waals surface area contributed by atoms with Gasteiger partial charge in [0, 0.05) is 42.1 Å². The molecule has 1 aliphatic rings. The van der Waals surface area contributed by atoms with Crippen LogP contribution in [0.5, 0.6) is 0 Å². The molecule has 8 atom stereocenters. The highest BCUT2D eigenvalue weighted by Gasteiger charge is 2.35. The van der Waals surface area contributed by atoms with Crippen molar-refractivity contribution in [3.63, 3.8) is 0 Å². The highest BCUT2D eigenvalue weighted by Crippen LogP contribution is 2.27. The average Bonchev–Trinajstić information content (AvgIpc) is 3.73. The van der Waals surface area contributed by atoms with Gasteiger partial charge in [0.25, 0.3) is 0 Å². The number of aliphatic hydroxyl groups is 1. The van der Waals surface area contributed by atoms with Gasteiger partial charge in [0.05, 0.1) is 30.4 Å². The number of Topliss-reactive ketones (excluding diaryl/α,β-unsaturated/α-hetero) is 2. The first-order valence-electron chi connectivity index (χ1n) is 20.1. The van der Waals surface area contributed by atoms with E-state index in [1.165, 1.54) is 12.3 Å². The molecule has 1 unspecified atom stereocenters. The molecule has 57 heavy (non-hydrogen) atoms. The van der Waals surface area contributed by atoms with Gasteiger partial charge in [0.15, 0.2) is 11.6 Å². The second-order valence-corrected chi connectivity index (χ2v) is 16.1. The quantitative estimate of drug-likeness (QED) is 0.0755. The number of ketones is 2. The molecule has 1 aliphatic heterocycles. The van der Waals surface area contributed by atoms with Crippen LogP contribution in [0.25, 0.3) is 0 Å². The van der Waals surface area contributed by atoms with Gasteiger partial charge in [0.2, 0.25) is 17.7 Å². The number of nitrogens with two attached hydrogens (primary N) is 2. The van der Waals surface area contributed by atoms with Crippen molar-refractivity contribution in [2.45, 2.75) is 129 Å². The molecule has 314 valence electrons. The fourth-order valence-electron chi connectivity index (χ4n) is 6.86. The number of rotatable bonds is 23. The lowest BCUT2D eigenvalue weighted by Gasteiger charge is -2.27. The van der Waals surface area contributed by atoms with Crippen LogP contribution in [0.2, 0.25) is 0 Å². The third kappa shape index (κ3) is 14.1. The Labute approximate surface area is 335 Å². The van der Waals surface area contributed by atoms with Gasteiger partial charge in [0.1, 0.15) is 12.1 Å². The van der Waals surface area contributed by atoms with Crippen LogP contribution in [0.1, 0.15) is 112 Å². The van der Waals surface area contributed by atoms with Crippen molar-refractivity contribution in [1.82, 2.24) is 26.3 Å². The van der Waals surface area contributed by atoms with Crippen molar-refractivity contribution in [2.75, 3.05) is 6.54 Å². The number of nitrogens with zero attached hydrogens (tertiary/aromatic N) is 1. The maximum atomic E-state index is 14.3. The number of carboxylic acid groups (broad SMARTS) is 1. The minimum atomic E-state index is -1.74. The topological polar surface area (TPSA) is 256 Å². The number of aliphatic hydroxyl groups excluding tert-OH is 1. The van der Waals surface area contributed by atoms with Gasteiger partial charge in [-0.2, -0.15) is 0 Å². The zero-order valence-corrected chi connectivity index (χ0v) is 34.1. The van der Waals surface area contributed by atoms with Crippen molar-refractivity contribution < 1.29 is 39.0 Å². The van der Waals surface area contributed by atoms with E-state index < -0.39 is 83.9 Å². The highest BCUT2D eigenvalue weighted by molar-refractivity contribution is 6.10. The third-order valence-electron chi connectivity index (χ3n) is 10.7. The Morgan fingerprint density at radius 1 is 0.930 bits per heavy atom. The van der Waals surface area contributed by atoms with Gasteiger partial charge in [-0.15, -0.1) is 0 Å². The van der Waals surface area contributed by atoms with Gasteiger partial charge in [-0.1, -0.05) is 78.3 Å². The normalized spacial score (nSPS) is 17.8. The second-order valence-electron chi connectivity index (χ2n) is 16.1. The molecule has 1 aromatic carbocycles. The SMILES string of the molecule is CC[C@H](C)[C@H](N)C(=O)NCc1cc(C(=O)C[C@H](NC(=O)[C@H](Cc2ccccc2)NC(=O)[C@@H]2CCCN2)C(=O)O)c(C(=O)C(C[C@H](O)[C@@H](N)CC(C)C)C(C)C)cn1. The van der Waals surface area contributed by atoms with Crippen LogP contribution in [0.3, 0.4) is 0 Å². The molecule has 1 fully saturated rings. The Hall–Kier alpha value is -4.57. The molecule has 10 N–H and O–H groups in total. The molecule has 15 heteroatoms. The van der Waals surface area contributed by atoms with E-state index >= 15 is 0 Å². The molecular weight excluding hydrogens is 731 g/mol. The first kappa shape index (κ1) is 46.8. The smallest absolute Gasteiger partial charge is 0.326 e. The second kappa shape index (κ2) is 22.4. The van der Waals surface area contributed by atoms with Crippen LogP contribution in [-0.2, 0) is 32.1 Å². The molecular formula is C42H63N7O8. The van der Waals surface area contributed by atoms with E-state index in [-0.39, 0.29) is 54.0 Å². The Balaban J connectivity index is 1.95. The standard InChI is InChI=1S/C42H63N7O8/c1-7-25(6)37(44)41(55)47-21-27-18-29(30(22-46-27)38(52)28(24(4)5)19-36(51)31(43)16-23(2)3)35(50)20-34(42(56)57)49-40(54)33(17-26-12-9-8-10-13-26)48-39(53)32-14-11-15-45-32/h8-10,12-13,18,22-25,28,31-34,36-37,45,51H,7,11,14-17,19-21,43-44H2,1-6H3,(H,47,55)(H,48,53)(H,49,54)(H,56,57)/t25-,28?,31-,32-,33-,34-,36-,37-/m0/s1. The number of carbonyl (C=O) groups is 6. The minimum Gasteiger partial charge on any atom is -0.480 e. The number of hydrogen-bond acceptors (Lipinski definition) is 11. The summed E-state index contributed by atoms with van der Waals surface area (Å²) in [6.07, 6.45) is 2.12. The average molecular weight is 794 g/mol. The van der Waals surface area contributed by atoms with Crippen molar-refractivity contribution >= 4 is 35.3 Å². The summed E-state index contributed by atoms with van der Waals surface area (Å²) in [5.74, 6) is -5.37. The van der Waals surface area contributed by atoms with Crippen molar-refractivity contribution in [2.24, 2.45) is 35.1 Å². The van der Waals surface area contributed by atoms with Crippen molar-refractivity contribution in [1.29, 1.82) is 0 Å². The molecule has 2 heterocycles. The minimum absolute atomic E-state index is 0.0159. The van der Waals surface area contributed by atoms with E-state index in [9.17, 15) is 39.0 Å². The van der Waals surface area contributed by atoms with E-state index in [1.807, 2.05) is 41.5 Å². The third-order valence-corrected chi connectivity index (χ3v) is 10.7. The predicted octanol–water partition coefficient (Wildman–Crippen LogP) is 2.27. The molecule has 3 amide bonds. The number of carbonyl (C=O) groups excluding carboxylic acids is 5. The lowest BCUT2D eigenvalue weighted by molar-refractivity contribution is -0.142. The zero-order valence-electron chi connectivity index (χ0n) is 34.1. The molecule has 0 saturated carbocycles. The molecule has 0 radical (unpaired) electrons. The number of aromatic nitrogens is 1. The molecule has 1 saturated heterocycles. The van der Waals surface area contributed by atoms with E-state index in [0.717, 1.165) is 12.0 Å². The first-order chi connectivity index (χ1) is 26.9. The predicted molar refractivity (Wildman–Crippen MR) is 216 cm³/mol. The summed E-state index contributed by atoms with van der Waals surface area (Å²) in [7, 11) is 0. The van der Waals surface area contributed by atoms with Crippen LogP contribution >= 0.6 is 0 Å². The summed E-state index contributed by atoms with van der Waals surface area (Å²) in [4.78, 5) is 85.1. The van der Waals surface area contributed by atoms with Crippen LogP contribution in [0.4, 0.5) is 0 Å². The Kier molecular flexibility index (Phi) is 18.4. The van der Waals surface area contributed by atoms with Gasteiger partial charge in [-0.25, -0.2) is 4.79 Å². The zero-order chi connectivity index (χ0) is 42.4. The molecule has 0 spiro atoms. The molecule has 15 nitrogen and oxygen atoms in total. The summed E-state index contributed by atoms with van der Waals surface area (Å²) >= 11 is 0. The summed E-state index contributed by atoms with van der Waals surface area (Å²) in [6, 6.07) is 5.47. The van der Waals surface area contributed by atoms with E-state index in [1.54, 1.807) is 30.3 Å². The van der Waals surface area contributed by atoms with Gasteiger partial charge >= 0.3 is 5.97 Å². The van der Waals surface area contributed by atoms with Crippen LogP contribution in [0, 0.1) is 23.7 Å².